The van der Waals surface area contributed by atoms with Crippen LogP contribution < -0.4 is 16.0 Å². The molecule has 0 saturated carbocycles. The minimum Gasteiger partial charge on any atom is -0.497 e. The molecule has 0 aliphatic carbocycles. The van der Waals surface area contributed by atoms with Gasteiger partial charge < -0.3 is 15.0 Å². The molecule has 0 aliphatic heterocycles. The molecule has 0 spiro atoms. The zero-order chi connectivity index (χ0) is 22.7. The molecular weight excluding hydrogens is 402 g/mol. The zero-order valence-corrected chi connectivity index (χ0v) is 17.7. The number of ether oxygens (including phenoxy) is 1. The summed E-state index contributed by atoms with van der Waals surface area (Å²) in [5, 5.41) is 9.32. The van der Waals surface area contributed by atoms with Crippen molar-refractivity contribution in [2.45, 2.75) is 13.5 Å². The first-order chi connectivity index (χ1) is 15.5. The summed E-state index contributed by atoms with van der Waals surface area (Å²) < 4.78 is 6.87. The lowest BCUT2D eigenvalue weighted by Crippen LogP contribution is -2.19. The number of hydrogen-bond acceptors (Lipinski definition) is 6. The predicted octanol–water partition coefficient (Wildman–Crippen LogP) is 3.79. The molecule has 158 valence electrons. The molecule has 0 unspecified atom stereocenters. The third-order valence-corrected chi connectivity index (χ3v) is 5.25. The summed E-state index contributed by atoms with van der Waals surface area (Å²) in [7, 11) is 1.61. The fraction of sp³-hybridized carbons (Fsp3) is 0.120. The molecule has 0 aliphatic rings. The van der Waals surface area contributed by atoms with Crippen molar-refractivity contribution in [1.29, 1.82) is 5.26 Å². The van der Waals surface area contributed by atoms with E-state index in [-0.39, 0.29) is 11.5 Å². The maximum Gasteiger partial charge on any atom is 0.251 e. The van der Waals surface area contributed by atoms with Crippen LogP contribution >= 0.6 is 0 Å². The number of hydrogen-bond donors (Lipinski definition) is 1. The van der Waals surface area contributed by atoms with Crippen molar-refractivity contribution < 1.29 is 4.74 Å². The van der Waals surface area contributed by atoms with Crippen LogP contribution in [0.4, 0.5) is 5.95 Å². The Kier molecular flexibility index (Phi) is 5.69. The summed E-state index contributed by atoms with van der Waals surface area (Å²) in [5.74, 6) is 0.840. The minimum atomic E-state index is -0.160. The van der Waals surface area contributed by atoms with Crippen LogP contribution in [0.25, 0.3) is 22.5 Å². The lowest BCUT2D eigenvalue weighted by atomic mass is 9.99. The summed E-state index contributed by atoms with van der Waals surface area (Å²) >= 11 is 0. The average molecular weight is 423 g/mol. The Labute approximate surface area is 185 Å². The van der Waals surface area contributed by atoms with Gasteiger partial charge >= 0.3 is 0 Å². The quantitative estimate of drug-likeness (QED) is 0.523. The highest BCUT2D eigenvalue weighted by atomic mass is 16.5. The van der Waals surface area contributed by atoms with Gasteiger partial charge in [0.2, 0.25) is 5.95 Å². The fourth-order valence-electron chi connectivity index (χ4n) is 3.55. The molecule has 7 heteroatoms. The number of rotatable bonds is 5. The molecule has 4 rings (SSSR count). The van der Waals surface area contributed by atoms with Crippen molar-refractivity contribution in [2.75, 3.05) is 12.8 Å². The van der Waals surface area contributed by atoms with Gasteiger partial charge in [-0.3, -0.25) is 4.79 Å². The Balaban J connectivity index is 1.70. The highest BCUT2D eigenvalue weighted by Gasteiger charge is 2.12. The fourth-order valence-corrected chi connectivity index (χ4v) is 3.55. The van der Waals surface area contributed by atoms with Crippen LogP contribution in [0.5, 0.6) is 5.75 Å². The summed E-state index contributed by atoms with van der Waals surface area (Å²) in [6.45, 7) is 2.29. The van der Waals surface area contributed by atoms with Gasteiger partial charge in [-0.05, 0) is 48.4 Å². The molecule has 0 amide bonds. The van der Waals surface area contributed by atoms with E-state index in [2.05, 4.69) is 16.0 Å². The third kappa shape index (κ3) is 4.20. The Hall–Kier alpha value is -4.44. The van der Waals surface area contributed by atoms with Gasteiger partial charge in [-0.1, -0.05) is 24.3 Å². The number of nitriles is 1. The Morgan fingerprint density at radius 3 is 2.59 bits per heavy atom. The molecule has 0 fully saturated rings. The largest absolute Gasteiger partial charge is 0.497 e. The van der Waals surface area contributed by atoms with Crippen LogP contribution in [-0.2, 0) is 6.54 Å². The topological polar surface area (TPSA) is 107 Å². The van der Waals surface area contributed by atoms with Gasteiger partial charge in [-0.25, -0.2) is 9.97 Å². The summed E-state index contributed by atoms with van der Waals surface area (Å²) in [4.78, 5) is 21.4. The van der Waals surface area contributed by atoms with E-state index in [9.17, 15) is 10.1 Å². The number of anilines is 1. The number of nitrogens with zero attached hydrogens (tertiary/aromatic N) is 4. The van der Waals surface area contributed by atoms with E-state index in [1.165, 1.54) is 6.07 Å². The number of methoxy groups -OCH3 is 1. The summed E-state index contributed by atoms with van der Waals surface area (Å²) in [5.41, 5.74) is 10.7. The van der Waals surface area contributed by atoms with E-state index in [1.54, 1.807) is 36.1 Å². The summed E-state index contributed by atoms with van der Waals surface area (Å²) in [6, 6.07) is 20.4. The highest BCUT2D eigenvalue weighted by Crippen LogP contribution is 2.27. The lowest BCUT2D eigenvalue weighted by Gasteiger charge is -2.11. The molecular formula is C25H21N5O2. The minimum absolute atomic E-state index is 0.0971. The first kappa shape index (κ1) is 20.8. The zero-order valence-electron chi connectivity index (χ0n) is 17.7. The van der Waals surface area contributed by atoms with Crippen LogP contribution in [0.1, 0.15) is 16.7 Å². The molecule has 7 nitrogen and oxygen atoms in total. The normalized spacial score (nSPS) is 10.5. The Bertz CT molecular complexity index is 1400. The SMILES string of the molecule is COc1cccc(Cn2ccc(-c3cc(-c4cccc(C#N)c4C)nc(N)n3)cc2=O)c1. The van der Waals surface area contributed by atoms with Crippen molar-refractivity contribution in [1.82, 2.24) is 14.5 Å². The molecule has 4 aromatic rings. The first-order valence-electron chi connectivity index (χ1n) is 9.97. The molecule has 2 heterocycles. The smallest absolute Gasteiger partial charge is 0.251 e. The van der Waals surface area contributed by atoms with Crippen molar-refractivity contribution in [3.05, 3.63) is 93.9 Å². The molecule has 0 bridgehead atoms. The third-order valence-electron chi connectivity index (χ3n) is 5.25. The molecule has 0 radical (unpaired) electrons. The molecule has 0 saturated heterocycles. The van der Waals surface area contributed by atoms with Crippen LogP contribution in [0.3, 0.4) is 0 Å². The monoisotopic (exact) mass is 423 g/mol. The Morgan fingerprint density at radius 2 is 1.84 bits per heavy atom. The van der Waals surface area contributed by atoms with Crippen molar-refractivity contribution in [2.24, 2.45) is 0 Å². The molecule has 2 aromatic carbocycles. The van der Waals surface area contributed by atoms with Gasteiger partial charge in [-0.2, -0.15) is 5.26 Å². The van der Waals surface area contributed by atoms with Crippen molar-refractivity contribution >= 4 is 5.95 Å². The van der Waals surface area contributed by atoms with Gasteiger partial charge in [-0.15, -0.1) is 0 Å². The average Bonchev–Trinajstić information content (AvgIpc) is 2.80. The second-order valence-corrected chi connectivity index (χ2v) is 7.32. The molecule has 0 atom stereocenters. The molecule has 2 aromatic heterocycles. The Morgan fingerprint density at radius 1 is 1.06 bits per heavy atom. The first-order valence-corrected chi connectivity index (χ1v) is 9.97. The molecule has 32 heavy (non-hydrogen) atoms. The van der Waals surface area contributed by atoms with Gasteiger partial charge in [0.1, 0.15) is 5.75 Å². The van der Waals surface area contributed by atoms with Crippen LogP contribution in [-0.4, -0.2) is 21.6 Å². The van der Waals surface area contributed by atoms with E-state index in [0.717, 1.165) is 22.4 Å². The second-order valence-electron chi connectivity index (χ2n) is 7.32. The lowest BCUT2D eigenvalue weighted by molar-refractivity contribution is 0.414. The van der Waals surface area contributed by atoms with Gasteiger partial charge in [0.15, 0.2) is 0 Å². The van der Waals surface area contributed by atoms with Gasteiger partial charge in [0.05, 0.1) is 36.7 Å². The standard InChI is InChI=1S/C25H21N5O2/c1-16-19(14-26)6-4-8-21(16)23-13-22(28-25(27)29-23)18-9-10-30(24(31)12-18)15-17-5-3-7-20(11-17)32-2/h3-13H,15H2,1-2H3,(H2,27,28,29). The van der Waals surface area contributed by atoms with Gasteiger partial charge in [0, 0.05) is 23.4 Å². The van der Waals surface area contributed by atoms with E-state index in [0.29, 0.717) is 29.1 Å². The van der Waals surface area contributed by atoms with E-state index >= 15 is 0 Å². The number of pyridine rings is 1. The van der Waals surface area contributed by atoms with Crippen LogP contribution in [0, 0.1) is 18.3 Å². The van der Waals surface area contributed by atoms with Crippen molar-refractivity contribution in [3.8, 4) is 34.3 Å². The number of aromatic nitrogens is 3. The molecule has 2 N–H and O–H groups in total. The van der Waals surface area contributed by atoms with Gasteiger partial charge in [0.25, 0.3) is 5.56 Å². The number of nitrogens with two attached hydrogens (primary N) is 1. The van der Waals surface area contributed by atoms with E-state index in [1.807, 2.05) is 43.3 Å². The predicted molar refractivity (Wildman–Crippen MR) is 123 cm³/mol. The van der Waals surface area contributed by atoms with Crippen LogP contribution in [0.15, 0.2) is 71.7 Å². The number of benzene rings is 2. The maximum atomic E-state index is 12.8. The summed E-state index contributed by atoms with van der Waals surface area (Å²) in [6.07, 6.45) is 1.73. The number of nitrogen functional groups attached to an aromatic ring is 1. The van der Waals surface area contributed by atoms with Crippen molar-refractivity contribution in [3.63, 3.8) is 0 Å². The highest BCUT2D eigenvalue weighted by molar-refractivity contribution is 5.72. The van der Waals surface area contributed by atoms with Crippen LogP contribution in [0.2, 0.25) is 0 Å². The van der Waals surface area contributed by atoms with E-state index < -0.39 is 0 Å². The second kappa shape index (κ2) is 8.74. The van der Waals surface area contributed by atoms with E-state index in [4.69, 9.17) is 10.5 Å². The maximum absolute atomic E-state index is 12.8.